The fourth-order valence-electron chi connectivity index (χ4n) is 1.90. The average Bonchev–Trinajstić information content (AvgIpc) is 2.49. The van der Waals surface area contributed by atoms with Gasteiger partial charge in [-0.05, 0) is 17.7 Å². The number of thioether (sulfide) groups is 1. The Balaban J connectivity index is 1.82. The summed E-state index contributed by atoms with van der Waals surface area (Å²) < 4.78 is 0. The summed E-state index contributed by atoms with van der Waals surface area (Å²) in [5.74, 6) is 1.99. The van der Waals surface area contributed by atoms with Crippen molar-refractivity contribution in [2.24, 2.45) is 5.92 Å². The van der Waals surface area contributed by atoms with Gasteiger partial charge in [-0.15, -0.1) is 0 Å². The van der Waals surface area contributed by atoms with Gasteiger partial charge in [-0.1, -0.05) is 61.0 Å². The first-order chi connectivity index (χ1) is 9.66. The summed E-state index contributed by atoms with van der Waals surface area (Å²) in [6, 6.07) is 17.3. The Kier molecular flexibility index (Phi) is 5.69. The molecule has 0 aliphatic heterocycles. The van der Waals surface area contributed by atoms with Crippen molar-refractivity contribution >= 4 is 29.1 Å². The molecule has 0 aliphatic rings. The smallest absolute Gasteiger partial charge is 0.166 e. The minimum Gasteiger partial charge on any atom is -0.294 e. The maximum Gasteiger partial charge on any atom is 0.166 e. The zero-order valence-corrected chi connectivity index (χ0v) is 13.0. The van der Waals surface area contributed by atoms with E-state index in [9.17, 15) is 4.79 Å². The maximum absolute atomic E-state index is 12.2. The molecule has 0 amide bonds. The second-order valence-corrected chi connectivity index (χ2v) is 6.24. The Morgan fingerprint density at radius 3 is 2.40 bits per heavy atom. The Labute approximate surface area is 129 Å². The van der Waals surface area contributed by atoms with Gasteiger partial charge in [0, 0.05) is 28.0 Å². The third-order valence-electron chi connectivity index (χ3n) is 3.06. The van der Waals surface area contributed by atoms with Crippen molar-refractivity contribution in [2.45, 2.75) is 12.7 Å². The molecule has 0 N–H and O–H groups in total. The molecule has 2 aromatic carbocycles. The largest absolute Gasteiger partial charge is 0.294 e. The minimum absolute atomic E-state index is 0.0368. The van der Waals surface area contributed by atoms with Crippen LogP contribution < -0.4 is 0 Å². The van der Waals surface area contributed by atoms with E-state index in [-0.39, 0.29) is 11.7 Å². The van der Waals surface area contributed by atoms with E-state index in [4.69, 9.17) is 11.6 Å². The van der Waals surface area contributed by atoms with Crippen LogP contribution in [0.3, 0.4) is 0 Å². The summed E-state index contributed by atoms with van der Waals surface area (Å²) in [6.07, 6.45) is 0. The molecule has 0 saturated carbocycles. The van der Waals surface area contributed by atoms with E-state index in [1.807, 2.05) is 61.5 Å². The second-order valence-electron chi connectivity index (χ2n) is 4.77. The van der Waals surface area contributed by atoms with Crippen LogP contribution in [0.5, 0.6) is 0 Å². The van der Waals surface area contributed by atoms with Crippen molar-refractivity contribution in [3.8, 4) is 0 Å². The summed E-state index contributed by atoms with van der Waals surface area (Å²) in [4.78, 5) is 12.2. The van der Waals surface area contributed by atoms with E-state index in [0.29, 0.717) is 0 Å². The number of carbonyl (C=O) groups is 1. The molecule has 20 heavy (non-hydrogen) atoms. The Hall–Kier alpha value is -1.25. The van der Waals surface area contributed by atoms with Gasteiger partial charge in [0.1, 0.15) is 0 Å². The van der Waals surface area contributed by atoms with Gasteiger partial charge in [-0.25, -0.2) is 0 Å². The predicted octanol–water partition coefficient (Wildman–Crippen LogP) is 5.09. The number of hydrogen-bond acceptors (Lipinski definition) is 2. The molecule has 0 spiro atoms. The molecular formula is C17H17ClOS. The van der Waals surface area contributed by atoms with Crippen LogP contribution in [0.15, 0.2) is 54.6 Å². The maximum atomic E-state index is 12.2. The third kappa shape index (κ3) is 4.39. The van der Waals surface area contributed by atoms with Crippen LogP contribution in [0.1, 0.15) is 22.8 Å². The van der Waals surface area contributed by atoms with Gasteiger partial charge in [0.05, 0.1) is 0 Å². The van der Waals surface area contributed by atoms with Crippen molar-refractivity contribution in [1.82, 2.24) is 0 Å². The molecule has 0 heterocycles. The lowest BCUT2D eigenvalue weighted by Crippen LogP contribution is -2.13. The van der Waals surface area contributed by atoms with Crippen LogP contribution in [0.2, 0.25) is 5.02 Å². The lowest BCUT2D eigenvalue weighted by atomic mass is 10.0. The van der Waals surface area contributed by atoms with Crippen molar-refractivity contribution in [3.63, 3.8) is 0 Å². The number of ketones is 1. The average molecular weight is 305 g/mol. The standard InChI is InChI=1S/C17H17ClOS/c1-13(17(19)15-5-3-2-4-6-15)11-20-12-14-7-9-16(18)10-8-14/h2-10,13H,11-12H2,1H3/t13-/m0/s1. The van der Waals surface area contributed by atoms with Gasteiger partial charge in [0.25, 0.3) is 0 Å². The molecule has 104 valence electrons. The van der Waals surface area contributed by atoms with Crippen molar-refractivity contribution in [3.05, 3.63) is 70.7 Å². The summed E-state index contributed by atoms with van der Waals surface area (Å²) in [5, 5.41) is 0.756. The highest BCUT2D eigenvalue weighted by Crippen LogP contribution is 2.19. The molecule has 2 aromatic rings. The summed E-state index contributed by atoms with van der Waals surface area (Å²) in [6.45, 7) is 1.99. The SMILES string of the molecule is C[C@@H](CSCc1ccc(Cl)cc1)C(=O)c1ccccc1. The van der Waals surface area contributed by atoms with E-state index >= 15 is 0 Å². The number of halogens is 1. The van der Waals surface area contributed by atoms with Gasteiger partial charge >= 0.3 is 0 Å². The lowest BCUT2D eigenvalue weighted by molar-refractivity contribution is 0.0942. The normalized spacial score (nSPS) is 12.1. The van der Waals surface area contributed by atoms with Gasteiger partial charge < -0.3 is 0 Å². The number of benzene rings is 2. The summed E-state index contributed by atoms with van der Waals surface area (Å²) in [7, 11) is 0. The van der Waals surface area contributed by atoms with E-state index in [0.717, 1.165) is 22.1 Å². The number of rotatable bonds is 6. The quantitative estimate of drug-likeness (QED) is 0.691. The first kappa shape index (κ1) is 15.1. The zero-order chi connectivity index (χ0) is 14.4. The van der Waals surface area contributed by atoms with E-state index in [1.165, 1.54) is 5.56 Å². The summed E-state index contributed by atoms with van der Waals surface area (Å²) in [5.41, 5.74) is 2.03. The highest BCUT2D eigenvalue weighted by Gasteiger charge is 2.14. The molecule has 0 unspecified atom stereocenters. The molecule has 1 nitrogen and oxygen atoms in total. The fourth-order valence-corrected chi connectivity index (χ4v) is 3.07. The minimum atomic E-state index is 0.0368. The highest BCUT2D eigenvalue weighted by atomic mass is 35.5. The molecule has 3 heteroatoms. The van der Waals surface area contributed by atoms with E-state index in [1.54, 1.807) is 11.8 Å². The van der Waals surface area contributed by atoms with E-state index < -0.39 is 0 Å². The Bertz CT molecular complexity index is 551. The lowest BCUT2D eigenvalue weighted by Gasteiger charge is -2.10. The van der Waals surface area contributed by atoms with Crippen molar-refractivity contribution in [1.29, 1.82) is 0 Å². The Morgan fingerprint density at radius 1 is 1.10 bits per heavy atom. The van der Waals surface area contributed by atoms with Crippen LogP contribution in [-0.2, 0) is 5.75 Å². The van der Waals surface area contributed by atoms with Gasteiger partial charge in [-0.2, -0.15) is 11.8 Å². The first-order valence-corrected chi connectivity index (χ1v) is 8.11. The first-order valence-electron chi connectivity index (χ1n) is 6.58. The van der Waals surface area contributed by atoms with E-state index in [2.05, 4.69) is 0 Å². The van der Waals surface area contributed by atoms with Crippen LogP contribution in [0, 0.1) is 5.92 Å². The molecule has 0 fully saturated rings. The van der Waals surface area contributed by atoms with Gasteiger partial charge in [-0.3, -0.25) is 4.79 Å². The summed E-state index contributed by atoms with van der Waals surface area (Å²) >= 11 is 7.63. The zero-order valence-electron chi connectivity index (χ0n) is 11.4. The van der Waals surface area contributed by atoms with Crippen LogP contribution in [0.25, 0.3) is 0 Å². The van der Waals surface area contributed by atoms with Crippen molar-refractivity contribution in [2.75, 3.05) is 5.75 Å². The molecule has 0 radical (unpaired) electrons. The topological polar surface area (TPSA) is 17.1 Å². The molecule has 0 aliphatic carbocycles. The predicted molar refractivity (Wildman–Crippen MR) is 87.6 cm³/mol. The third-order valence-corrected chi connectivity index (χ3v) is 4.58. The highest BCUT2D eigenvalue weighted by molar-refractivity contribution is 7.98. The van der Waals surface area contributed by atoms with Crippen LogP contribution in [0.4, 0.5) is 0 Å². The van der Waals surface area contributed by atoms with Gasteiger partial charge in [0.15, 0.2) is 5.78 Å². The second kappa shape index (κ2) is 7.51. The molecular weight excluding hydrogens is 288 g/mol. The number of Topliss-reactive ketones (excluding diaryl/α,β-unsaturated/α-hetero) is 1. The van der Waals surface area contributed by atoms with Crippen LogP contribution >= 0.6 is 23.4 Å². The van der Waals surface area contributed by atoms with Crippen molar-refractivity contribution < 1.29 is 4.79 Å². The Morgan fingerprint density at radius 2 is 1.75 bits per heavy atom. The molecule has 0 bridgehead atoms. The number of carbonyl (C=O) groups excluding carboxylic acids is 1. The molecule has 2 rings (SSSR count). The monoisotopic (exact) mass is 304 g/mol. The molecule has 1 atom stereocenters. The molecule has 0 aromatic heterocycles. The van der Waals surface area contributed by atoms with Crippen LogP contribution in [-0.4, -0.2) is 11.5 Å². The fraction of sp³-hybridized carbons (Fsp3) is 0.235. The van der Waals surface area contributed by atoms with Gasteiger partial charge in [0.2, 0.25) is 0 Å². The number of hydrogen-bond donors (Lipinski definition) is 0. The molecule has 0 saturated heterocycles.